The lowest BCUT2D eigenvalue weighted by Crippen LogP contribution is -2.30. The van der Waals surface area contributed by atoms with Gasteiger partial charge in [-0.3, -0.25) is 14.4 Å². The van der Waals surface area contributed by atoms with E-state index < -0.39 is 6.10 Å². The van der Waals surface area contributed by atoms with Crippen molar-refractivity contribution >= 4 is 17.9 Å². The highest BCUT2D eigenvalue weighted by atomic mass is 16.6. The summed E-state index contributed by atoms with van der Waals surface area (Å²) in [5.41, 5.74) is 0. The lowest BCUT2D eigenvalue weighted by Gasteiger charge is -2.18. The average Bonchev–Trinajstić information content (AvgIpc) is 3.46. The molecule has 0 aliphatic rings. The van der Waals surface area contributed by atoms with Gasteiger partial charge < -0.3 is 14.2 Å². The largest absolute Gasteiger partial charge is 0.462 e. The highest BCUT2D eigenvalue weighted by Crippen LogP contribution is 2.15. The van der Waals surface area contributed by atoms with E-state index in [0.717, 1.165) is 128 Å². The van der Waals surface area contributed by atoms with Crippen molar-refractivity contribution in [3.63, 3.8) is 0 Å². The van der Waals surface area contributed by atoms with Crippen molar-refractivity contribution in [2.45, 2.75) is 290 Å². The van der Waals surface area contributed by atoms with Crippen molar-refractivity contribution in [3.8, 4) is 0 Å². The highest BCUT2D eigenvalue weighted by molar-refractivity contribution is 5.71. The minimum atomic E-state index is -0.818. The Kier molecular flexibility index (Phi) is 62.9. The Labute approximate surface area is 493 Å². The van der Waals surface area contributed by atoms with Crippen LogP contribution < -0.4 is 0 Å². The molecule has 0 heterocycles. The maximum Gasteiger partial charge on any atom is 0.306 e. The van der Waals surface area contributed by atoms with E-state index in [0.29, 0.717) is 19.3 Å². The van der Waals surface area contributed by atoms with Gasteiger partial charge in [0.1, 0.15) is 13.2 Å². The topological polar surface area (TPSA) is 78.9 Å². The summed E-state index contributed by atoms with van der Waals surface area (Å²) in [7, 11) is 0. The van der Waals surface area contributed by atoms with Gasteiger partial charge in [-0.2, -0.15) is 0 Å². The number of rotatable bonds is 58. The molecule has 0 fully saturated rings. The second-order valence-corrected chi connectivity index (χ2v) is 21.3. The fourth-order valence-corrected chi connectivity index (χ4v) is 8.71. The van der Waals surface area contributed by atoms with E-state index in [1.54, 1.807) is 0 Å². The first-order chi connectivity index (χ1) is 39.5. The molecule has 0 amide bonds. The van der Waals surface area contributed by atoms with Gasteiger partial charge in [-0.1, -0.05) is 276 Å². The van der Waals surface area contributed by atoms with E-state index in [-0.39, 0.29) is 37.5 Å². The van der Waals surface area contributed by atoms with Crippen molar-refractivity contribution in [2.24, 2.45) is 0 Å². The van der Waals surface area contributed by atoms with E-state index in [9.17, 15) is 14.4 Å². The number of carbonyl (C=O) groups is 3. The predicted octanol–water partition coefficient (Wildman–Crippen LogP) is 22.7. The standard InChI is InChI=1S/C74H120O6/c1-4-7-10-13-16-19-22-25-28-30-31-32-33-34-35-36-37-38-39-40-41-42-43-45-46-49-52-55-58-61-64-67-73(76)79-70-71(69-78-72(75)66-63-60-57-54-51-48-27-24-21-18-15-12-9-6-3)80-74(77)68-65-62-59-56-53-50-47-44-29-26-23-20-17-14-11-8-5-2/h7-8,10-11,16-17,19-20,24-29,31-32,34-35,37-38,47,50,56,59,71H,4-6,9,12-15,18,21-23,30,33,36,39-46,48-49,51-55,57-58,60-70H2,1-3H3/b10-7-,11-8-,19-16-,20-17-,27-24-,28-25-,29-26-,32-31-,35-34-,38-37-,50-47-,59-56-. The number of carbonyl (C=O) groups excluding carboxylic acids is 3. The fraction of sp³-hybridized carbons (Fsp3) is 0.635. The molecule has 0 aromatic heterocycles. The zero-order chi connectivity index (χ0) is 57.8. The number of allylic oxidation sites excluding steroid dienone is 24. The van der Waals surface area contributed by atoms with Crippen molar-refractivity contribution < 1.29 is 28.6 Å². The van der Waals surface area contributed by atoms with Crippen LogP contribution in [0.3, 0.4) is 0 Å². The first-order valence-electron chi connectivity index (χ1n) is 32.8. The number of hydrogen-bond donors (Lipinski definition) is 0. The van der Waals surface area contributed by atoms with E-state index >= 15 is 0 Å². The molecule has 0 radical (unpaired) electrons. The quantitative estimate of drug-likeness (QED) is 0.0261. The summed E-state index contributed by atoms with van der Waals surface area (Å²) in [4.78, 5) is 38.3. The molecule has 0 bridgehead atoms. The summed E-state index contributed by atoms with van der Waals surface area (Å²) in [6, 6.07) is 0. The first-order valence-corrected chi connectivity index (χ1v) is 32.8. The van der Waals surface area contributed by atoms with Gasteiger partial charge in [0.05, 0.1) is 0 Å². The van der Waals surface area contributed by atoms with Crippen molar-refractivity contribution in [1.82, 2.24) is 0 Å². The van der Waals surface area contributed by atoms with Crippen LogP contribution in [0.1, 0.15) is 284 Å². The molecule has 452 valence electrons. The third-order valence-corrected chi connectivity index (χ3v) is 13.6. The van der Waals surface area contributed by atoms with Crippen LogP contribution >= 0.6 is 0 Å². The summed E-state index contributed by atoms with van der Waals surface area (Å²) in [6.45, 7) is 6.35. The van der Waals surface area contributed by atoms with Crippen molar-refractivity contribution in [3.05, 3.63) is 146 Å². The number of esters is 3. The lowest BCUT2D eigenvalue weighted by atomic mass is 10.0. The van der Waals surface area contributed by atoms with Crippen LogP contribution in [-0.2, 0) is 28.6 Å². The maximum atomic E-state index is 12.9. The summed E-state index contributed by atoms with van der Waals surface area (Å²) >= 11 is 0. The Bertz CT molecular complexity index is 1750. The molecule has 0 N–H and O–H groups in total. The monoisotopic (exact) mass is 1100 g/mol. The molecule has 0 saturated carbocycles. The third-order valence-electron chi connectivity index (χ3n) is 13.6. The molecule has 1 atom stereocenters. The summed E-state index contributed by atoms with van der Waals surface area (Å²) in [5.74, 6) is -0.976. The molecular formula is C74H120O6. The van der Waals surface area contributed by atoms with Gasteiger partial charge in [0.2, 0.25) is 0 Å². The molecule has 0 spiro atoms. The molecule has 80 heavy (non-hydrogen) atoms. The third kappa shape index (κ3) is 64.1. The minimum Gasteiger partial charge on any atom is -0.462 e. The van der Waals surface area contributed by atoms with Gasteiger partial charge in [0.25, 0.3) is 0 Å². The van der Waals surface area contributed by atoms with Crippen LogP contribution in [0.2, 0.25) is 0 Å². The molecule has 0 aliphatic heterocycles. The molecule has 0 aliphatic carbocycles. The van der Waals surface area contributed by atoms with E-state index in [1.165, 1.54) is 109 Å². The number of ether oxygens (including phenoxy) is 3. The SMILES string of the molecule is CC/C=C\C/C=C\C/C=C\C/C=C\C/C=C\C/C=C\CCCCCCCCCCCCCCC(=O)OCC(COC(=O)CCCCCCC/C=C\CCCCCCC)OC(=O)CCC/C=C\C/C=C\C/C=C\C/C=C\C/C=C\CC. The van der Waals surface area contributed by atoms with E-state index in [1.807, 2.05) is 0 Å². The molecular weight excluding hydrogens is 985 g/mol. The lowest BCUT2D eigenvalue weighted by molar-refractivity contribution is -0.167. The zero-order valence-corrected chi connectivity index (χ0v) is 51.8. The average molecular weight is 1110 g/mol. The van der Waals surface area contributed by atoms with Crippen LogP contribution in [-0.4, -0.2) is 37.2 Å². The molecule has 0 rings (SSSR count). The molecule has 6 nitrogen and oxygen atoms in total. The Balaban J connectivity index is 4.34. The van der Waals surface area contributed by atoms with Gasteiger partial charge >= 0.3 is 17.9 Å². The van der Waals surface area contributed by atoms with Crippen LogP contribution in [0.4, 0.5) is 0 Å². The fourth-order valence-electron chi connectivity index (χ4n) is 8.71. The van der Waals surface area contributed by atoms with Crippen molar-refractivity contribution in [2.75, 3.05) is 13.2 Å². The normalized spacial score (nSPS) is 13.1. The Morgan fingerprint density at radius 3 is 0.812 bits per heavy atom. The molecule has 0 aromatic carbocycles. The van der Waals surface area contributed by atoms with Crippen LogP contribution in [0, 0.1) is 0 Å². The van der Waals surface area contributed by atoms with Crippen LogP contribution in [0.15, 0.2) is 146 Å². The van der Waals surface area contributed by atoms with Gasteiger partial charge in [-0.05, 0) is 135 Å². The van der Waals surface area contributed by atoms with Crippen molar-refractivity contribution in [1.29, 1.82) is 0 Å². The summed E-state index contributed by atoms with van der Waals surface area (Å²) < 4.78 is 16.9. The predicted molar refractivity (Wildman–Crippen MR) is 348 cm³/mol. The number of hydrogen-bond acceptors (Lipinski definition) is 6. The first kappa shape index (κ1) is 75.3. The Hall–Kier alpha value is -4.71. The summed E-state index contributed by atoms with van der Waals surface area (Å²) in [5, 5.41) is 0. The molecule has 6 heteroatoms. The van der Waals surface area contributed by atoms with E-state index in [4.69, 9.17) is 14.2 Å². The number of unbranched alkanes of at least 4 members (excludes halogenated alkanes) is 23. The Morgan fingerprint density at radius 1 is 0.263 bits per heavy atom. The molecule has 0 saturated heterocycles. The van der Waals surface area contributed by atoms with Crippen LogP contribution in [0.5, 0.6) is 0 Å². The highest BCUT2D eigenvalue weighted by Gasteiger charge is 2.19. The second-order valence-electron chi connectivity index (χ2n) is 21.3. The minimum absolute atomic E-state index is 0.108. The second kappa shape index (κ2) is 66.8. The van der Waals surface area contributed by atoms with Crippen LogP contribution in [0.25, 0.3) is 0 Å². The molecule has 0 aromatic rings. The van der Waals surface area contributed by atoms with Gasteiger partial charge in [0.15, 0.2) is 6.10 Å². The summed E-state index contributed by atoms with van der Waals surface area (Å²) in [6.07, 6.45) is 95.8. The maximum absolute atomic E-state index is 12.9. The zero-order valence-electron chi connectivity index (χ0n) is 51.8. The van der Waals surface area contributed by atoms with E-state index in [2.05, 4.69) is 167 Å². The van der Waals surface area contributed by atoms with Gasteiger partial charge in [-0.25, -0.2) is 0 Å². The van der Waals surface area contributed by atoms with Gasteiger partial charge in [0, 0.05) is 19.3 Å². The Morgan fingerprint density at radius 2 is 0.500 bits per heavy atom. The van der Waals surface area contributed by atoms with Gasteiger partial charge in [-0.15, -0.1) is 0 Å². The smallest absolute Gasteiger partial charge is 0.306 e. The molecule has 1 unspecified atom stereocenters.